The second-order valence-electron chi connectivity index (χ2n) is 8.23. The van der Waals surface area contributed by atoms with Crippen LogP contribution < -0.4 is 9.64 Å². The van der Waals surface area contributed by atoms with Gasteiger partial charge in [0.25, 0.3) is 0 Å². The van der Waals surface area contributed by atoms with Crippen LogP contribution in [0.5, 0.6) is 5.75 Å². The highest BCUT2D eigenvalue weighted by molar-refractivity contribution is 14.1. The van der Waals surface area contributed by atoms with Crippen molar-refractivity contribution in [2.75, 3.05) is 11.4 Å². The third-order valence-electron chi connectivity index (χ3n) is 4.60. The van der Waals surface area contributed by atoms with Crippen molar-refractivity contribution < 1.29 is 14.3 Å². The number of halogens is 1. The highest BCUT2D eigenvalue weighted by Gasteiger charge is 2.26. The number of amides is 1. The largest absolute Gasteiger partial charge is 0.488 e. The van der Waals surface area contributed by atoms with Crippen molar-refractivity contribution in [1.82, 2.24) is 0 Å². The number of nitriles is 1. The summed E-state index contributed by atoms with van der Waals surface area (Å²) in [5.74, 6) is 0.626. The van der Waals surface area contributed by atoms with E-state index in [1.807, 2.05) is 69.3 Å². The number of anilines is 1. The molecule has 5 nitrogen and oxygen atoms in total. The van der Waals surface area contributed by atoms with Crippen molar-refractivity contribution in [3.8, 4) is 11.8 Å². The Kier molecular flexibility index (Phi) is 7.41. The Morgan fingerprint density at radius 1 is 1.16 bits per heavy atom. The van der Waals surface area contributed by atoms with Crippen molar-refractivity contribution in [2.45, 2.75) is 33.0 Å². The van der Waals surface area contributed by atoms with Crippen molar-refractivity contribution >= 4 is 45.1 Å². The second-order valence-corrected chi connectivity index (χ2v) is 9.31. The van der Waals surface area contributed by atoms with Gasteiger partial charge in [-0.1, -0.05) is 36.4 Å². The Morgan fingerprint density at radius 3 is 2.50 bits per heavy atom. The second kappa shape index (κ2) is 10.0. The molecule has 3 rings (SSSR count). The van der Waals surface area contributed by atoms with Crippen LogP contribution in [-0.2, 0) is 11.3 Å². The third kappa shape index (κ3) is 5.60. The average Bonchev–Trinajstić information content (AvgIpc) is 2.76. The number of benzene rings is 3. The topological polar surface area (TPSA) is 62.6 Å². The van der Waals surface area contributed by atoms with Crippen molar-refractivity contribution in [3.63, 3.8) is 0 Å². The predicted molar refractivity (Wildman–Crippen MR) is 136 cm³/mol. The molecule has 1 amide bonds. The molecule has 0 aromatic heterocycles. The van der Waals surface area contributed by atoms with Crippen LogP contribution in [0.25, 0.3) is 10.8 Å². The summed E-state index contributed by atoms with van der Waals surface area (Å²) in [5, 5.41) is 11.1. The number of hydrogen-bond acceptors (Lipinski definition) is 4. The minimum absolute atomic E-state index is 0.270. The van der Waals surface area contributed by atoms with Crippen molar-refractivity contribution in [2.24, 2.45) is 0 Å². The molecule has 0 aliphatic heterocycles. The van der Waals surface area contributed by atoms with Gasteiger partial charge in [-0.3, -0.25) is 4.90 Å². The Balaban J connectivity index is 2.13. The smallest absolute Gasteiger partial charge is 0.415 e. The van der Waals surface area contributed by atoms with Crippen LogP contribution in [0.15, 0.2) is 67.3 Å². The molecule has 0 atom stereocenters. The lowest BCUT2D eigenvalue weighted by atomic mass is 10.0. The molecular formula is C26H25IN2O3. The van der Waals surface area contributed by atoms with E-state index in [9.17, 15) is 10.1 Å². The fourth-order valence-electron chi connectivity index (χ4n) is 3.18. The maximum Gasteiger partial charge on any atom is 0.415 e. The molecule has 0 aliphatic rings. The van der Waals surface area contributed by atoms with Crippen LogP contribution in [-0.4, -0.2) is 18.2 Å². The standard InChI is InChI=1S/C26H25IN2O3/c1-5-13-29(25(30)32-26(2,3)4)22-15-23(31-17-18-9-7-6-8-10-18)20-12-11-19(16-28)14-21(20)24(22)27/h5-12,14-15H,1,13,17H2,2-4H3. The SMILES string of the molecule is C=CCN(C(=O)OC(C)(C)C)c1cc(OCc2ccccc2)c2ccc(C#N)cc2c1I. The summed E-state index contributed by atoms with van der Waals surface area (Å²) in [6, 6.07) is 19.4. The number of carbonyl (C=O) groups is 1. The maximum absolute atomic E-state index is 13.0. The van der Waals surface area contributed by atoms with Crippen LogP contribution in [0.1, 0.15) is 31.9 Å². The maximum atomic E-state index is 13.0. The summed E-state index contributed by atoms with van der Waals surface area (Å²) in [6.07, 6.45) is 1.18. The Hall–Kier alpha value is -3.05. The molecule has 32 heavy (non-hydrogen) atoms. The zero-order chi connectivity index (χ0) is 23.3. The minimum atomic E-state index is -0.639. The van der Waals surface area contributed by atoms with Crippen LogP contribution in [0, 0.1) is 14.9 Å². The summed E-state index contributed by atoms with van der Waals surface area (Å²) in [5.41, 5.74) is 1.57. The fraction of sp³-hybridized carbons (Fsp3) is 0.231. The van der Waals surface area contributed by atoms with Crippen LogP contribution >= 0.6 is 22.6 Å². The average molecular weight is 540 g/mol. The van der Waals surface area contributed by atoms with E-state index in [4.69, 9.17) is 9.47 Å². The van der Waals surface area contributed by atoms with Gasteiger partial charge in [0.2, 0.25) is 0 Å². The monoisotopic (exact) mass is 540 g/mol. The van der Waals surface area contributed by atoms with Crippen LogP contribution in [0.4, 0.5) is 10.5 Å². The number of nitrogens with zero attached hydrogens (tertiary/aromatic N) is 2. The Morgan fingerprint density at radius 2 is 1.88 bits per heavy atom. The Labute approximate surface area is 202 Å². The van der Waals surface area contributed by atoms with Gasteiger partial charge in [0.15, 0.2) is 0 Å². The van der Waals surface area contributed by atoms with E-state index in [1.54, 1.807) is 12.1 Å². The molecule has 0 N–H and O–H groups in total. The van der Waals surface area contributed by atoms with E-state index in [0.717, 1.165) is 19.9 Å². The fourth-order valence-corrected chi connectivity index (χ4v) is 4.08. The lowest BCUT2D eigenvalue weighted by Gasteiger charge is -2.28. The highest BCUT2D eigenvalue weighted by atomic mass is 127. The third-order valence-corrected chi connectivity index (χ3v) is 5.73. The molecule has 3 aromatic rings. The number of ether oxygens (including phenoxy) is 2. The van der Waals surface area contributed by atoms with E-state index < -0.39 is 11.7 Å². The van der Waals surface area contributed by atoms with Crippen molar-refractivity contribution in [1.29, 1.82) is 5.26 Å². The van der Waals surface area contributed by atoms with Gasteiger partial charge in [-0.25, -0.2) is 4.79 Å². The van der Waals surface area contributed by atoms with Gasteiger partial charge in [-0.05, 0) is 67.1 Å². The zero-order valence-electron chi connectivity index (χ0n) is 18.4. The van der Waals surface area contributed by atoms with Crippen molar-refractivity contribution in [3.05, 3.63) is 81.9 Å². The van der Waals surface area contributed by atoms with Crippen LogP contribution in [0.3, 0.4) is 0 Å². The summed E-state index contributed by atoms with van der Waals surface area (Å²) < 4.78 is 12.7. The molecule has 0 spiro atoms. The quantitative estimate of drug-likeness (QED) is 0.254. The van der Waals surface area contributed by atoms with E-state index in [0.29, 0.717) is 23.6 Å². The summed E-state index contributed by atoms with van der Waals surface area (Å²) >= 11 is 2.21. The summed E-state index contributed by atoms with van der Waals surface area (Å²) in [4.78, 5) is 14.5. The molecule has 0 radical (unpaired) electrons. The van der Waals surface area contributed by atoms with E-state index in [-0.39, 0.29) is 6.54 Å². The van der Waals surface area contributed by atoms with Crippen LogP contribution in [0.2, 0.25) is 0 Å². The highest BCUT2D eigenvalue weighted by Crippen LogP contribution is 2.38. The number of carbonyl (C=O) groups excluding carboxylic acids is 1. The molecule has 6 heteroatoms. The van der Waals surface area contributed by atoms with Gasteiger partial charge in [-0.2, -0.15) is 5.26 Å². The van der Waals surface area contributed by atoms with Gasteiger partial charge < -0.3 is 9.47 Å². The van der Waals surface area contributed by atoms with Gasteiger partial charge in [-0.15, -0.1) is 6.58 Å². The number of fused-ring (bicyclic) bond motifs is 1. The van der Waals surface area contributed by atoms with Gasteiger partial charge in [0.05, 0.1) is 17.3 Å². The molecule has 0 bridgehead atoms. The molecule has 3 aromatic carbocycles. The van der Waals surface area contributed by atoms with E-state index in [1.165, 1.54) is 4.90 Å². The number of hydrogen-bond donors (Lipinski definition) is 0. The zero-order valence-corrected chi connectivity index (χ0v) is 20.5. The molecule has 0 aliphatic carbocycles. The lowest BCUT2D eigenvalue weighted by Crippen LogP contribution is -2.37. The van der Waals surface area contributed by atoms with E-state index >= 15 is 0 Å². The molecular weight excluding hydrogens is 515 g/mol. The van der Waals surface area contributed by atoms with Gasteiger partial charge in [0, 0.05) is 27.0 Å². The summed E-state index contributed by atoms with van der Waals surface area (Å²) in [7, 11) is 0. The first-order valence-electron chi connectivity index (χ1n) is 10.2. The summed E-state index contributed by atoms with van der Waals surface area (Å²) in [6.45, 7) is 9.93. The van der Waals surface area contributed by atoms with Gasteiger partial charge >= 0.3 is 6.09 Å². The minimum Gasteiger partial charge on any atom is -0.488 e. The molecule has 0 saturated carbocycles. The normalized spacial score (nSPS) is 11.0. The first kappa shape index (κ1) is 23.6. The molecule has 0 heterocycles. The molecule has 164 valence electrons. The van der Waals surface area contributed by atoms with E-state index in [2.05, 4.69) is 35.2 Å². The molecule has 0 saturated heterocycles. The van der Waals surface area contributed by atoms with Gasteiger partial charge in [0.1, 0.15) is 18.0 Å². The molecule has 0 fully saturated rings. The first-order valence-corrected chi connectivity index (χ1v) is 11.3. The first-order chi connectivity index (χ1) is 15.2. The lowest BCUT2D eigenvalue weighted by molar-refractivity contribution is 0.0584. The predicted octanol–water partition coefficient (Wildman–Crippen LogP) is 6.82. The number of rotatable bonds is 6. The molecule has 0 unspecified atom stereocenters. The Bertz CT molecular complexity index is 1180.